The Labute approximate surface area is 410 Å². The first-order valence-corrected chi connectivity index (χ1v) is 23.0. The van der Waals surface area contributed by atoms with Gasteiger partial charge in [0.25, 0.3) is 0 Å². The number of phenols is 1. The van der Waals surface area contributed by atoms with E-state index in [1.54, 1.807) is 93.6 Å². The second kappa shape index (κ2) is 24.0. The zero-order chi connectivity index (χ0) is 51.3. The molecule has 0 fully saturated rings. The molecule has 0 radical (unpaired) electrons. The number of halogens is 6. The van der Waals surface area contributed by atoms with Gasteiger partial charge in [0.2, 0.25) is 0 Å². The van der Waals surface area contributed by atoms with E-state index in [1.165, 1.54) is 47.3 Å². The second-order valence-electron chi connectivity index (χ2n) is 15.4. The second-order valence-corrected chi connectivity index (χ2v) is 17.5. The van der Waals surface area contributed by atoms with Crippen molar-refractivity contribution < 1.29 is 69.8 Å². The first kappa shape index (κ1) is 53.0. The number of ether oxygens (including phenoxy) is 2. The lowest BCUT2D eigenvalue weighted by Crippen LogP contribution is -2.11. The number of aliphatic hydroxyl groups excluding tert-OH is 1. The van der Waals surface area contributed by atoms with Crippen molar-refractivity contribution in [3.8, 4) is 32.6 Å². The van der Waals surface area contributed by atoms with Crippen LogP contribution in [-0.2, 0) is 39.9 Å². The number of esters is 1. The Morgan fingerprint density at radius 3 is 1.59 bits per heavy atom. The minimum Gasteiger partial charge on any atom is -0.508 e. The van der Waals surface area contributed by atoms with Gasteiger partial charge in [0.05, 0.1) is 69.7 Å². The average Bonchev–Trinajstić information content (AvgIpc) is 4.19. The maximum Gasteiger partial charge on any atom is 0.416 e. The third-order valence-corrected chi connectivity index (χ3v) is 12.8. The lowest BCUT2D eigenvalue weighted by molar-refractivity contribution is -0.143. The Morgan fingerprint density at radius 1 is 0.676 bits per heavy atom. The van der Waals surface area contributed by atoms with E-state index in [0.717, 1.165) is 40.3 Å². The summed E-state index contributed by atoms with van der Waals surface area (Å²) in [6.07, 6.45) is -5.86. The number of aliphatic hydroxyl groups is 1. The summed E-state index contributed by atoms with van der Waals surface area (Å²) in [5.41, 5.74) is 3.55. The first-order valence-electron chi connectivity index (χ1n) is 21.4. The third-order valence-electron chi connectivity index (χ3n) is 10.4. The van der Waals surface area contributed by atoms with Crippen LogP contribution < -0.4 is 4.74 Å². The number of hydrogen-bond donors (Lipinski definition) is 3. The molecular formula is C50H44F6N4O9S2. The summed E-state index contributed by atoms with van der Waals surface area (Å²) in [6, 6.07) is 27.1. The van der Waals surface area contributed by atoms with Gasteiger partial charge in [-0.15, -0.1) is 22.7 Å². The van der Waals surface area contributed by atoms with Crippen molar-refractivity contribution in [2.45, 2.75) is 71.0 Å². The fraction of sp³-hybridized carbons (Fsp3) is 0.240. The van der Waals surface area contributed by atoms with Gasteiger partial charge in [-0.2, -0.15) is 26.3 Å². The van der Waals surface area contributed by atoms with Gasteiger partial charge in [0.15, 0.2) is 0 Å². The number of benzene rings is 4. The Kier molecular flexibility index (Phi) is 17.9. The van der Waals surface area contributed by atoms with Gasteiger partial charge in [-0.05, 0) is 80.4 Å². The first-order chi connectivity index (χ1) is 33.8. The summed E-state index contributed by atoms with van der Waals surface area (Å²) >= 11 is 2.48. The molecule has 0 saturated carbocycles. The Morgan fingerprint density at radius 2 is 1.15 bits per heavy atom. The number of carboxylic acid groups (broad SMARTS) is 1. The number of phenolic OH excluding ortho intramolecular Hbond substituents is 1. The van der Waals surface area contributed by atoms with E-state index in [0.29, 0.717) is 61.2 Å². The third kappa shape index (κ3) is 14.8. The van der Waals surface area contributed by atoms with Gasteiger partial charge in [0, 0.05) is 35.1 Å². The van der Waals surface area contributed by atoms with E-state index in [4.69, 9.17) is 23.6 Å². The Bertz CT molecular complexity index is 2960. The van der Waals surface area contributed by atoms with E-state index >= 15 is 0 Å². The molecule has 0 spiro atoms. The van der Waals surface area contributed by atoms with Gasteiger partial charge < -0.3 is 33.8 Å². The number of nitrogens with zero attached hydrogens (tertiary/aromatic N) is 4. The van der Waals surface area contributed by atoms with E-state index in [1.807, 2.05) is 0 Å². The summed E-state index contributed by atoms with van der Waals surface area (Å²) in [5.74, 6) is -1.19. The molecule has 8 rings (SSSR count). The van der Waals surface area contributed by atoms with Crippen molar-refractivity contribution >= 4 is 34.6 Å². The number of aromatic nitrogens is 4. The van der Waals surface area contributed by atoms with Crippen LogP contribution >= 0.6 is 22.7 Å². The fourth-order valence-corrected chi connectivity index (χ4v) is 8.73. The number of aryl methyl sites for hydroxylation is 2. The fourth-order valence-electron chi connectivity index (χ4n) is 6.84. The van der Waals surface area contributed by atoms with Gasteiger partial charge in [0.1, 0.15) is 40.6 Å². The van der Waals surface area contributed by atoms with Gasteiger partial charge >= 0.3 is 24.3 Å². The number of hydrogen-bond acceptors (Lipinski definition) is 14. The molecule has 3 N–H and O–H groups in total. The highest BCUT2D eigenvalue weighted by atomic mass is 32.1. The number of alkyl halides is 6. The van der Waals surface area contributed by atoms with Crippen LogP contribution in [0, 0.1) is 13.8 Å². The molecule has 0 unspecified atom stereocenters. The van der Waals surface area contributed by atoms with E-state index in [9.17, 15) is 46.1 Å². The van der Waals surface area contributed by atoms with Crippen LogP contribution in [0.5, 0.6) is 11.5 Å². The number of carboxylic acids is 1. The minimum absolute atomic E-state index is 0.134. The van der Waals surface area contributed by atoms with Crippen LogP contribution in [0.2, 0.25) is 0 Å². The lowest BCUT2D eigenvalue weighted by atomic mass is 9.92. The number of thiazole rings is 2. The Hall–Kier alpha value is -7.36. The summed E-state index contributed by atoms with van der Waals surface area (Å²) < 4.78 is 97.3. The molecule has 21 heteroatoms. The zero-order valence-electron chi connectivity index (χ0n) is 37.9. The van der Waals surface area contributed by atoms with Crippen LogP contribution in [-0.4, -0.2) is 54.1 Å². The summed E-state index contributed by atoms with van der Waals surface area (Å²) in [5, 5.41) is 36.3. The van der Waals surface area contributed by atoms with Crippen LogP contribution in [0.25, 0.3) is 21.1 Å². The topological polar surface area (TPSA) is 191 Å². The predicted molar refractivity (Wildman–Crippen MR) is 250 cm³/mol. The molecule has 71 heavy (non-hydrogen) atoms. The molecule has 0 aliphatic rings. The molecule has 13 nitrogen and oxygen atoms in total. The molecule has 4 heterocycles. The summed E-state index contributed by atoms with van der Waals surface area (Å²) in [6.45, 7) is 5.67. The molecule has 4 aromatic heterocycles. The van der Waals surface area contributed by atoms with Gasteiger partial charge in [-0.3, -0.25) is 9.59 Å². The number of carbonyl (C=O) groups excluding carboxylic acids is 1. The van der Waals surface area contributed by atoms with Crippen LogP contribution in [0.1, 0.15) is 86.4 Å². The van der Waals surface area contributed by atoms with Crippen LogP contribution in [0.3, 0.4) is 0 Å². The van der Waals surface area contributed by atoms with Crippen molar-refractivity contribution in [3.63, 3.8) is 0 Å². The number of aromatic hydroxyl groups is 1. The van der Waals surface area contributed by atoms with Crippen LogP contribution in [0.4, 0.5) is 26.3 Å². The maximum absolute atomic E-state index is 13.0. The minimum atomic E-state index is -4.42. The molecule has 0 saturated heterocycles. The molecule has 0 aliphatic heterocycles. The summed E-state index contributed by atoms with van der Waals surface area (Å²) in [7, 11) is 0. The van der Waals surface area contributed by atoms with Crippen molar-refractivity contribution in [2.24, 2.45) is 0 Å². The molecule has 0 bridgehead atoms. The molecule has 2 atom stereocenters. The molecule has 0 amide bonds. The highest BCUT2D eigenvalue weighted by molar-refractivity contribution is 7.15. The standard InChI is InChI=1S/C24H19F3N2O4S.C14H15NO4.C12H10F3NOS/c1-14-21(34-23(28-14)16-3-2-4-17(11-16)24(25,26)27)13-32-18-7-5-15(6-8-18)19(12-22(30)31)20-9-10-33-29-20;1-2-18-14(17)9-12(13-7-8-19-15-13)10-3-5-11(16)6-4-10;1-7-10(6-17)18-11(16-7)8-3-2-4-9(5-8)12(13,14)15/h2-11,19H,12-13H2,1H3,(H,30,31);3-8,12,16H,2,9H2,1H3;2-5,17H,6H2,1H3/t19-;12-;/m00./s1. The largest absolute Gasteiger partial charge is 0.508 e. The lowest BCUT2D eigenvalue weighted by Gasteiger charge is -2.13. The zero-order valence-corrected chi connectivity index (χ0v) is 39.5. The average molecular weight is 1020 g/mol. The van der Waals surface area contributed by atoms with Gasteiger partial charge in [-0.1, -0.05) is 58.8 Å². The number of aliphatic carboxylic acids is 1. The number of rotatable bonds is 15. The Balaban J connectivity index is 0.000000189. The molecule has 4 aromatic carbocycles. The van der Waals surface area contributed by atoms with Crippen LogP contribution in [0.15, 0.2) is 131 Å². The predicted octanol–water partition coefficient (Wildman–Crippen LogP) is 12.4. The van der Waals surface area contributed by atoms with Crippen molar-refractivity contribution in [1.82, 2.24) is 20.3 Å². The van der Waals surface area contributed by atoms with Crippen molar-refractivity contribution in [2.75, 3.05) is 6.61 Å². The van der Waals surface area contributed by atoms with E-state index < -0.39 is 35.4 Å². The number of carbonyl (C=O) groups is 2. The molecular weight excluding hydrogens is 979 g/mol. The molecule has 372 valence electrons. The molecule has 8 aromatic rings. The monoisotopic (exact) mass is 1020 g/mol. The normalized spacial score (nSPS) is 12.2. The van der Waals surface area contributed by atoms with Gasteiger partial charge in [-0.25, -0.2) is 9.97 Å². The van der Waals surface area contributed by atoms with E-state index in [-0.39, 0.29) is 43.7 Å². The quantitative estimate of drug-likeness (QED) is 0.0650. The summed E-state index contributed by atoms with van der Waals surface area (Å²) in [4.78, 5) is 33.0. The highest BCUT2D eigenvalue weighted by Crippen LogP contribution is 2.37. The van der Waals surface area contributed by atoms with Crippen molar-refractivity contribution in [3.05, 3.63) is 177 Å². The van der Waals surface area contributed by atoms with Crippen molar-refractivity contribution in [1.29, 1.82) is 0 Å². The molecule has 0 aliphatic carbocycles. The maximum atomic E-state index is 13.0. The smallest absolute Gasteiger partial charge is 0.416 e. The highest BCUT2D eigenvalue weighted by Gasteiger charge is 2.32. The van der Waals surface area contributed by atoms with E-state index in [2.05, 4.69) is 20.3 Å². The SMILES string of the molecule is CCOC(=O)C[C@@H](c1ccc(O)cc1)c1ccon1.Cc1nc(-c2cccc(C(F)(F)F)c2)sc1CO.Cc1nc(-c2cccc(C(F)(F)F)c2)sc1COc1ccc([C@H](CC(=O)O)c2ccon2)cc1.